The van der Waals surface area contributed by atoms with E-state index >= 15 is 0 Å². The van der Waals surface area contributed by atoms with Gasteiger partial charge in [0.05, 0.1) is 28.4 Å². The third-order valence-corrected chi connectivity index (χ3v) is 5.42. The first-order valence-corrected chi connectivity index (χ1v) is 9.52. The van der Waals surface area contributed by atoms with Crippen LogP contribution in [0.1, 0.15) is 15.9 Å². The van der Waals surface area contributed by atoms with Crippen LogP contribution < -0.4 is 9.46 Å². The van der Waals surface area contributed by atoms with E-state index in [0.29, 0.717) is 12.1 Å². The Hall–Kier alpha value is -1.98. The summed E-state index contributed by atoms with van der Waals surface area (Å²) in [5, 5.41) is 9.01. The van der Waals surface area contributed by atoms with E-state index < -0.39 is 43.9 Å². The summed E-state index contributed by atoms with van der Waals surface area (Å²) in [6, 6.07) is 4.05. The number of benzene rings is 2. The normalized spacial score (nSPS) is 11.9. The van der Waals surface area contributed by atoms with Gasteiger partial charge in [-0.2, -0.15) is 13.2 Å². The van der Waals surface area contributed by atoms with Crippen LogP contribution in [0.2, 0.25) is 5.02 Å². The van der Waals surface area contributed by atoms with E-state index in [1.807, 2.05) is 4.72 Å². The first kappa shape index (κ1) is 21.3. The molecule has 2 aromatic carbocycles. The number of hydrogen-bond donors (Lipinski definition) is 2. The topological polar surface area (TPSA) is 92.7 Å². The Balaban J connectivity index is 2.59. The summed E-state index contributed by atoms with van der Waals surface area (Å²) in [6.45, 7) is 0. The molecule has 0 unspecified atom stereocenters. The lowest BCUT2D eigenvalue weighted by molar-refractivity contribution is -0.137. The maximum atomic E-state index is 13.0. The molecule has 0 aliphatic rings. The van der Waals surface area contributed by atoms with Crippen molar-refractivity contribution in [3.63, 3.8) is 0 Å². The molecule has 0 saturated heterocycles. The number of ether oxygens (including phenoxy) is 1. The van der Waals surface area contributed by atoms with E-state index in [0.717, 1.165) is 12.1 Å². The summed E-state index contributed by atoms with van der Waals surface area (Å²) in [5.41, 5.74) is -2.64. The van der Waals surface area contributed by atoms with Crippen molar-refractivity contribution in [3.8, 4) is 5.75 Å². The Bertz CT molecular complexity index is 1010. The Morgan fingerprint density at radius 3 is 2.37 bits per heavy atom. The monoisotopic (exact) mass is 487 g/mol. The second-order valence-corrected chi connectivity index (χ2v) is 8.07. The number of rotatable bonds is 5. The predicted molar refractivity (Wildman–Crippen MR) is 94.9 cm³/mol. The molecule has 0 aliphatic heterocycles. The number of aromatic carboxylic acids is 1. The standard InChI is InChI=1S/C15H10BrClF3NO5S/c1-26-13-11(16)5-9(17)6-12(13)27(24,25)21-10-3-7(14(22)23)2-8(4-10)15(18,19)20/h2-6,21H,1H3,(H,22,23). The summed E-state index contributed by atoms with van der Waals surface area (Å²) in [6.07, 6.45) is -4.87. The molecule has 2 N–H and O–H groups in total. The molecule has 0 heterocycles. The highest BCUT2D eigenvalue weighted by Gasteiger charge is 2.32. The van der Waals surface area contributed by atoms with E-state index in [4.69, 9.17) is 21.4 Å². The molecule has 6 nitrogen and oxygen atoms in total. The third kappa shape index (κ3) is 4.85. The van der Waals surface area contributed by atoms with Gasteiger partial charge in [0, 0.05) is 5.02 Å². The molecule has 12 heteroatoms. The Labute approximate surface area is 165 Å². The van der Waals surface area contributed by atoms with Crippen molar-refractivity contribution in [1.82, 2.24) is 0 Å². The highest BCUT2D eigenvalue weighted by Crippen LogP contribution is 2.37. The van der Waals surface area contributed by atoms with Gasteiger partial charge in [-0.3, -0.25) is 4.72 Å². The van der Waals surface area contributed by atoms with Gasteiger partial charge in [-0.1, -0.05) is 11.6 Å². The van der Waals surface area contributed by atoms with Gasteiger partial charge in [0.2, 0.25) is 0 Å². The van der Waals surface area contributed by atoms with E-state index in [-0.39, 0.29) is 15.2 Å². The Kier molecular flexibility index (Phi) is 5.97. The van der Waals surface area contributed by atoms with E-state index in [2.05, 4.69) is 15.9 Å². The average Bonchev–Trinajstić information content (AvgIpc) is 2.52. The fraction of sp³-hybridized carbons (Fsp3) is 0.133. The molecule has 146 valence electrons. The second-order valence-electron chi connectivity index (χ2n) is 5.13. The molecule has 0 spiro atoms. The molecule has 0 bridgehead atoms. The number of halogens is 5. The van der Waals surface area contributed by atoms with E-state index in [9.17, 15) is 26.4 Å². The molecule has 2 rings (SSSR count). The smallest absolute Gasteiger partial charge is 0.416 e. The van der Waals surface area contributed by atoms with Crippen molar-refractivity contribution >= 4 is 49.2 Å². The number of carboxylic acid groups (broad SMARTS) is 1. The highest BCUT2D eigenvalue weighted by molar-refractivity contribution is 9.10. The molecule has 0 atom stereocenters. The molecule has 0 amide bonds. The molecule has 0 fully saturated rings. The molecule has 27 heavy (non-hydrogen) atoms. The zero-order valence-electron chi connectivity index (χ0n) is 13.3. The minimum atomic E-state index is -4.87. The number of sulfonamides is 1. The van der Waals surface area contributed by atoms with Crippen molar-refractivity contribution in [3.05, 3.63) is 51.0 Å². The first-order valence-electron chi connectivity index (χ1n) is 6.86. The van der Waals surface area contributed by atoms with Crippen LogP contribution in [0.4, 0.5) is 18.9 Å². The largest absolute Gasteiger partial charge is 0.494 e. The van der Waals surface area contributed by atoms with Crippen molar-refractivity contribution in [2.75, 3.05) is 11.8 Å². The molecular formula is C15H10BrClF3NO5S. The minimum Gasteiger partial charge on any atom is -0.494 e. The summed E-state index contributed by atoms with van der Waals surface area (Å²) in [7, 11) is -3.26. The summed E-state index contributed by atoms with van der Waals surface area (Å²) in [4.78, 5) is 10.6. The average molecular weight is 489 g/mol. The van der Waals surface area contributed by atoms with Crippen LogP contribution in [0.25, 0.3) is 0 Å². The van der Waals surface area contributed by atoms with E-state index in [1.54, 1.807) is 0 Å². The molecule has 0 radical (unpaired) electrons. The first-order chi connectivity index (χ1) is 12.3. The lowest BCUT2D eigenvalue weighted by atomic mass is 10.1. The number of carbonyl (C=O) groups is 1. The molecule has 0 aromatic heterocycles. The maximum absolute atomic E-state index is 13.0. The molecular weight excluding hydrogens is 479 g/mol. The Morgan fingerprint density at radius 2 is 1.85 bits per heavy atom. The van der Waals surface area contributed by atoms with E-state index in [1.165, 1.54) is 13.2 Å². The maximum Gasteiger partial charge on any atom is 0.416 e. The fourth-order valence-corrected chi connectivity index (χ4v) is 4.54. The van der Waals surface area contributed by atoms with Crippen molar-refractivity contribution in [2.24, 2.45) is 0 Å². The van der Waals surface area contributed by atoms with Crippen LogP contribution in [0, 0.1) is 0 Å². The molecule has 0 aliphatic carbocycles. The van der Waals surface area contributed by atoms with Gasteiger partial charge >= 0.3 is 12.1 Å². The predicted octanol–water partition coefficient (Wildman–Crippen LogP) is 4.63. The lowest BCUT2D eigenvalue weighted by Crippen LogP contribution is -2.16. The van der Waals surface area contributed by atoms with Gasteiger partial charge in [0.25, 0.3) is 10.0 Å². The number of alkyl halides is 3. The number of carboxylic acids is 1. The molecule has 2 aromatic rings. The zero-order chi connectivity index (χ0) is 20.6. The zero-order valence-corrected chi connectivity index (χ0v) is 16.4. The number of anilines is 1. The summed E-state index contributed by atoms with van der Waals surface area (Å²) in [5.74, 6) is -1.78. The van der Waals surface area contributed by atoms with Crippen molar-refractivity contribution in [2.45, 2.75) is 11.1 Å². The summed E-state index contributed by atoms with van der Waals surface area (Å²) < 4.78 is 71.3. The van der Waals surface area contributed by atoms with Crippen LogP contribution in [0.5, 0.6) is 5.75 Å². The third-order valence-electron chi connectivity index (χ3n) is 3.23. The number of nitrogens with one attached hydrogen (secondary N) is 1. The van der Waals surface area contributed by atoms with Gasteiger partial charge in [-0.15, -0.1) is 0 Å². The van der Waals surface area contributed by atoms with Crippen molar-refractivity contribution < 1.29 is 36.2 Å². The van der Waals surface area contributed by atoms with Crippen LogP contribution >= 0.6 is 27.5 Å². The van der Waals surface area contributed by atoms with Gasteiger partial charge in [0.1, 0.15) is 4.90 Å². The quantitative estimate of drug-likeness (QED) is 0.640. The number of methoxy groups -OCH3 is 1. The van der Waals surface area contributed by atoms with Gasteiger partial charge in [-0.05, 0) is 46.3 Å². The van der Waals surface area contributed by atoms with Crippen LogP contribution in [0.3, 0.4) is 0 Å². The van der Waals surface area contributed by atoms with Crippen LogP contribution in [-0.2, 0) is 16.2 Å². The van der Waals surface area contributed by atoms with Crippen LogP contribution in [-0.4, -0.2) is 26.6 Å². The minimum absolute atomic E-state index is 0.0262. The number of hydrogen-bond acceptors (Lipinski definition) is 4. The summed E-state index contributed by atoms with van der Waals surface area (Å²) >= 11 is 8.91. The van der Waals surface area contributed by atoms with Gasteiger partial charge in [0.15, 0.2) is 5.75 Å². The van der Waals surface area contributed by atoms with Crippen LogP contribution in [0.15, 0.2) is 39.7 Å². The highest BCUT2D eigenvalue weighted by atomic mass is 79.9. The lowest BCUT2D eigenvalue weighted by Gasteiger charge is -2.15. The van der Waals surface area contributed by atoms with Crippen molar-refractivity contribution in [1.29, 1.82) is 0 Å². The fourth-order valence-electron chi connectivity index (χ4n) is 2.12. The second kappa shape index (κ2) is 7.56. The Morgan fingerprint density at radius 1 is 1.22 bits per heavy atom. The van der Waals surface area contributed by atoms with Gasteiger partial charge < -0.3 is 9.84 Å². The van der Waals surface area contributed by atoms with Gasteiger partial charge in [-0.25, -0.2) is 13.2 Å². The SMILES string of the molecule is COc1c(Br)cc(Cl)cc1S(=O)(=O)Nc1cc(C(=O)O)cc(C(F)(F)F)c1. The molecule has 0 saturated carbocycles.